The number of rotatable bonds is 8. The average molecular weight is 184 g/mol. The van der Waals surface area contributed by atoms with Crippen molar-refractivity contribution >= 4 is 0 Å². The third-order valence-corrected chi connectivity index (χ3v) is 3.02. The van der Waals surface area contributed by atoms with E-state index in [4.69, 9.17) is 0 Å². The van der Waals surface area contributed by atoms with Gasteiger partial charge in [0.15, 0.2) is 0 Å². The van der Waals surface area contributed by atoms with Crippen LogP contribution in [0.4, 0.5) is 0 Å². The summed E-state index contributed by atoms with van der Waals surface area (Å²) in [6.45, 7) is 5.85. The van der Waals surface area contributed by atoms with Crippen LogP contribution in [-0.2, 0) is 0 Å². The van der Waals surface area contributed by atoms with Gasteiger partial charge in [0.25, 0.3) is 0 Å². The monoisotopic (exact) mass is 184 g/mol. The van der Waals surface area contributed by atoms with Gasteiger partial charge in [0.05, 0.1) is 0 Å². The van der Waals surface area contributed by atoms with E-state index in [9.17, 15) is 0 Å². The summed E-state index contributed by atoms with van der Waals surface area (Å²) >= 11 is 0. The molecule has 0 saturated heterocycles. The SMILES string of the molecule is CCCC1(CNCCCNC)CC1. The lowest BCUT2D eigenvalue weighted by molar-refractivity contribution is 0.419. The van der Waals surface area contributed by atoms with Crippen molar-refractivity contribution in [3.63, 3.8) is 0 Å². The zero-order valence-corrected chi connectivity index (χ0v) is 9.16. The quantitative estimate of drug-likeness (QED) is 0.562. The molecule has 0 aromatic heterocycles. The Labute approximate surface area is 82.5 Å². The van der Waals surface area contributed by atoms with E-state index in [0.717, 1.165) is 6.54 Å². The first-order valence-electron chi connectivity index (χ1n) is 5.68. The van der Waals surface area contributed by atoms with Crippen molar-refractivity contribution in [2.45, 2.75) is 39.0 Å². The van der Waals surface area contributed by atoms with Crippen LogP contribution in [0.25, 0.3) is 0 Å². The van der Waals surface area contributed by atoms with Gasteiger partial charge in [-0.3, -0.25) is 0 Å². The molecule has 1 fully saturated rings. The first kappa shape index (κ1) is 11.0. The summed E-state index contributed by atoms with van der Waals surface area (Å²) in [6, 6.07) is 0. The average Bonchev–Trinajstić information content (AvgIpc) is 2.86. The van der Waals surface area contributed by atoms with E-state index in [-0.39, 0.29) is 0 Å². The van der Waals surface area contributed by atoms with Gasteiger partial charge in [-0.25, -0.2) is 0 Å². The Morgan fingerprint density at radius 3 is 2.54 bits per heavy atom. The van der Waals surface area contributed by atoms with E-state index in [0.29, 0.717) is 5.41 Å². The third-order valence-electron chi connectivity index (χ3n) is 3.02. The lowest BCUT2D eigenvalue weighted by atomic mass is 10.0. The molecule has 2 nitrogen and oxygen atoms in total. The molecule has 1 aliphatic rings. The summed E-state index contributed by atoms with van der Waals surface area (Å²) < 4.78 is 0. The molecule has 2 N–H and O–H groups in total. The first-order chi connectivity index (χ1) is 6.33. The second-order valence-corrected chi connectivity index (χ2v) is 4.38. The van der Waals surface area contributed by atoms with E-state index in [1.54, 1.807) is 0 Å². The maximum absolute atomic E-state index is 3.57. The van der Waals surface area contributed by atoms with Crippen LogP contribution in [0.3, 0.4) is 0 Å². The Kier molecular flexibility index (Phi) is 4.74. The van der Waals surface area contributed by atoms with Crippen molar-refractivity contribution in [3.05, 3.63) is 0 Å². The third kappa shape index (κ3) is 4.10. The molecule has 1 saturated carbocycles. The van der Waals surface area contributed by atoms with Gasteiger partial charge in [0, 0.05) is 6.54 Å². The molecule has 0 aromatic rings. The van der Waals surface area contributed by atoms with Gasteiger partial charge in [-0.1, -0.05) is 13.3 Å². The van der Waals surface area contributed by atoms with E-state index in [1.165, 1.54) is 45.2 Å². The molecule has 0 radical (unpaired) electrons. The highest BCUT2D eigenvalue weighted by molar-refractivity contribution is 4.94. The normalized spacial score (nSPS) is 18.9. The van der Waals surface area contributed by atoms with Crippen LogP contribution in [0, 0.1) is 5.41 Å². The number of nitrogens with one attached hydrogen (secondary N) is 2. The fraction of sp³-hybridized carbons (Fsp3) is 1.00. The van der Waals surface area contributed by atoms with Crippen molar-refractivity contribution in [3.8, 4) is 0 Å². The van der Waals surface area contributed by atoms with Crippen LogP contribution >= 0.6 is 0 Å². The fourth-order valence-corrected chi connectivity index (χ4v) is 1.97. The lowest BCUT2D eigenvalue weighted by Crippen LogP contribution is -2.26. The van der Waals surface area contributed by atoms with E-state index >= 15 is 0 Å². The molecule has 1 rings (SSSR count). The Bertz CT molecular complexity index is 130. The van der Waals surface area contributed by atoms with Crippen LogP contribution in [-0.4, -0.2) is 26.7 Å². The molecule has 0 aliphatic heterocycles. The van der Waals surface area contributed by atoms with Gasteiger partial charge in [-0.05, 0) is 51.2 Å². The molecule has 0 unspecified atom stereocenters. The molecule has 0 amide bonds. The fourth-order valence-electron chi connectivity index (χ4n) is 1.97. The van der Waals surface area contributed by atoms with E-state index in [1.807, 2.05) is 7.05 Å². The molecule has 0 atom stereocenters. The smallest absolute Gasteiger partial charge is 0.000782 e. The van der Waals surface area contributed by atoms with Crippen molar-refractivity contribution in [2.24, 2.45) is 5.41 Å². The molecular weight excluding hydrogens is 160 g/mol. The Morgan fingerprint density at radius 2 is 2.00 bits per heavy atom. The first-order valence-corrected chi connectivity index (χ1v) is 5.68. The second kappa shape index (κ2) is 5.61. The molecular formula is C11H24N2. The summed E-state index contributed by atoms with van der Waals surface area (Å²) in [4.78, 5) is 0. The Balaban J connectivity index is 1.93. The minimum atomic E-state index is 0.717. The molecule has 0 heterocycles. The predicted molar refractivity (Wildman–Crippen MR) is 58.0 cm³/mol. The molecule has 2 heteroatoms. The van der Waals surface area contributed by atoms with Gasteiger partial charge in [0.2, 0.25) is 0 Å². The largest absolute Gasteiger partial charge is 0.320 e. The van der Waals surface area contributed by atoms with Gasteiger partial charge >= 0.3 is 0 Å². The highest BCUT2D eigenvalue weighted by atomic mass is 14.9. The lowest BCUT2D eigenvalue weighted by Gasteiger charge is -2.14. The van der Waals surface area contributed by atoms with Crippen molar-refractivity contribution in [2.75, 3.05) is 26.7 Å². The van der Waals surface area contributed by atoms with E-state index < -0.39 is 0 Å². The standard InChI is InChI=1S/C11H24N2/c1-3-5-11(6-7-11)10-13-9-4-8-12-2/h12-13H,3-10H2,1-2H3. The minimum Gasteiger partial charge on any atom is -0.320 e. The summed E-state index contributed by atoms with van der Waals surface area (Å²) in [7, 11) is 2.01. The zero-order valence-electron chi connectivity index (χ0n) is 9.16. The van der Waals surface area contributed by atoms with E-state index in [2.05, 4.69) is 17.6 Å². The summed E-state index contributed by atoms with van der Waals surface area (Å²) in [5.41, 5.74) is 0.717. The Hall–Kier alpha value is -0.0800. The van der Waals surface area contributed by atoms with Crippen LogP contribution in [0.15, 0.2) is 0 Å². The van der Waals surface area contributed by atoms with Crippen molar-refractivity contribution in [1.29, 1.82) is 0 Å². The molecule has 78 valence electrons. The minimum absolute atomic E-state index is 0.717. The molecule has 0 bridgehead atoms. The van der Waals surface area contributed by atoms with Crippen LogP contribution in [0.2, 0.25) is 0 Å². The van der Waals surface area contributed by atoms with Crippen molar-refractivity contribution < 1.29 is 0 Å². The van der Waals surface area contributed by atoms with Crippen LogP contribution in [0.5, 0.6) is 0 Å². The molecule has 0 spiro atoms. The maximum Gasteiger partial charge on any atom is 0.000782 e. The Morgan fingerprint density at radius 1 is 1.23 bits per heavy atom. The van der Waals surface area contributed by atoms with Gasteiger partial charge < -0.3 is 10.6 Å². The molecule has 13 heavy (non-hydrogen) atoms. The highest BCUT2D eigenvalue weighted by Crippen LogP contribution is 2.48. The molecule has 0 aromatic carbocycles. The highest BCUT2D eigenvalue weighted by Gasteiger charge is 2.40. The zero-order chi connectivity index (χ0) is 9.57. The molecule has 1 aliphatic carbocycles. The topological polar surface area (TPSA) is 24.1 Å². The summed E-state index contributed by atoms with van der Waals surface area (Å²) in [5, 5.41) is 6.73. The van der Waals surface area contributed by atoms with Crippen molar-refractivity contribution in [1.82, 2.24) is 10.6 Å². The predicted octanol–water partition coefficient (Wildman–Crippen LogP) is 1.77. The number of hydrogen-bond donors (Lipinski definition) is 2. The number of hydrogen-bond acceptors (Lipinski definition) is 2. The second-order valence-electron chi connectivity index (χ2n) is 4.38. The van der Waals surface area contributed by atoms with Crippen LogP contribution in [0.1, 0.15) is 39.0 Å². The summed E-state index contributed by atoms with van der Waals surface area (Å²) in [6.07, 6.45) is 6.93. The summed E-state index contributed by atoms with van der Waals surface area (Å²) in [5.74, 6) is 0. The van der Waals surface area contributed by atoms with Gasteiger partial charge in [-0.2, -0.15) is 0 Å². The van der Waals surface area contributed by atoms with Gasteiger partial charge in [0.1, 0.15) is 0 Å². The van der Waals surface area contributed by atoms with Crippen LogP contribution < -0.4 is 10.6 Å². The maximum atomic E-state index is 3.57. The van der Waals surface area contributed by atoms with Gasteiger partial charge in [-0.15, -0.1) is 0 Å².